The molecule has 0 heterocycles. The lowest BCUT2D eigenvalue weighted by Gasteiger charge is -2.23. The first-order chi connectivity index (χ1) is 7.26. The summed E-state index contributed by atoms with van der Waals surface area (Å²) in [5.74, 6) is -1.08. The SMILES string of the molecule is CC(C)(C)OCC(NC(=O)CCO)C(N)=O. The largest absolute Gasteiger partial charge is 0.396 e. The number of primary amides is 1. The van der Waals surface area contributed by atoms with E-state index in [1.54, 1.807) is 0 Å². The molecule has 0 aliphatic rings. The molecule has 0 spiro atoms. The highest BCUT2D eigenvalue weighted by atomic mass is 16.5. The molecule has 0 saturated heterocycles. The first kappa shape index (κ1) is 14.9. The number of amides is 2. The van der Waals surface area contributed by atoms with E-state index in [2.05, 4.69) is 5.32 Å². The Morgan fingerprint density at radius 3 is 2.38 bits per heavy atom. The summed E-state index contributed by atoms with van der Waals surface area (Å²) in [5.41, 5.74) is 4.71. The number of carbonyl (C=O) groups is 2. The zero-order valence-corrected chi connectivity index (χ0v) is 9.95. The lowest BCUT2D eigenvalue weighted by atomic mass is 10.2. The van der Waals surface area contributed by atoms with Crippen LogP contribution in [-0.2, 0) is 14.3 Å². The number of carbonyl (C=O) groups excluding carboxylic acids is 2. The van der Waals surface area contributed by atoms with Gasteiger partial charge in [0.15, 0.2) is 0 Å². The number of nitrogens with one attached hydrogen (secondary N) is 1. The lowest BCUT2D eigenvalue weighted by molar-refractivity contribution is -0.130. The predicted octanol–water partition coefficient (Wildman–Crippen LogP) is -0.846. The Balaban J connectivity index is 4.18. The van der Waals surface area contributed by atoms with Gasteiger partial charge in [0.25, 0.3) is 0 Å². The van der Waals surface area contributed by atoms with Crippen molar-refractivity contribution in [1.29, 1.82) is 0 Å². The number of ether oxygens (including phenoxy) is 1. The average molecular weight is 232 g/mol. The second-order valence-corrected chi connectivity index (χ2v) is 4.42. The molecule has 0 bridgehead atoms. The van der Waals surface area contributed by atoms with Gasteiger partial charge in [-0.3, -0.25) is 9.59 Å². The Hall–Kier alpha value is -1.14. The Labute approximate surface area is 95.1 Å². The van der Waals surface area contributed by atoms with Crippen molar-refractivity contribution >= 4 is 11.8 Å². The van der Waals surface area contributed by atoms with Crippen molar-refractivity contribution in [3.05, 3.63) is 0 Å². The van der Waals surface area contributed by atoms with Crippen LogP contribution in [0.3, 0.4) is 0 Å². The molecule has 0 aliphatic heterocycles. The molecule has 0 rings (SSSR count). The summed E-state index contributed by atoms with van der Waals surface area (Å²) < 4.78 is 5.35. The first-order valence-electron chi connectivity index (χ1n) is 5.10. The number of aliphatic hydroxyl groups is 1. The number of nitrogens with two attached hydrogens (primary N) is 1. The topological polar surface area (TPSA) is 102 Å². The maximum absolute atomic E-state index is 11.1. The van der Waals surface area contributed by atoms with E-state index in [1.807, 2.05) is 20.8 Å². The van der Waals surface area contributed by atoms with Crippen LogP contribution in [0.4, 0.5) is 0 Å². The molecule has 2 amide bonds. The molecule has 16 heavy (non-hydrogen) atoms. The molecule has 6 nitrogen and oxygen atoms in total. The Morgan fingerprint density at radius 1 is 1.44 bits per heavy atom. The van der Waals surface area contributed by atoms with Crippen molar-refractivity contribution in [1.82, 2.24) is 5.32 Å². The molecule has 1 atom stereocenters. The second kappa shape index (κ2) is 6.44. The van der Waals surface area contributed by atoms with Crippen LogP contribution in [-0.4, -0.2) is 41.8 Å². The van der Waals surface area contributed by atoms with Crippen molar-refractivity contribution in [3.63, 3.8) is 0 Å². The molecule has 0 fully saturated rings. The molecule has 0 aromatic rings. The van der Waals surface area contributed by atoms with Crippen molar-refractivity contribution in [2.45, 2.75) is 38.8 Å². The van der Waals surface area contributed by atoms with Gasteiger partial charge in [-0.25, -0.2) is 0 Å². The third kappa shape index (κ3) is 7.19. The maximum Gasteiger partial charge on any atom is 0.242 e. The summed E-state index contributed by atoms with van der Waals surface area (Å²) >= 11 is 0. The maximum atomic E-state index is 11.1. The fraction of sp³-hybridized carbons (Fsp3) is 0.800. The molecule has 0 aliphatic carbocycles. The highest BCUT2D eigenvalue weighted by molar-refractivity contribution is 5.86. The molecule has 0 aromatic heterocycles. The Bertz CT molecular complexity index is 248. The molecule has 0 saturated carbocycles. The molecular formula is C10H20N2O4. The third-order valence-electron chi connectivity index (χ3n) is 1.70. The van der Waals surface area contributed by atoms with Gasteiger partial charge in [-0.1, -0.05) is 0 Å². The van der Waals surface area contributed by atoms with Crippen molar-refractivity contribution < 1.29 is 19.4 Å². The highest BCUT2D eigenvalue weighted by Gasteiger charge is 2.21. The molecule has 0 aromatic carbocycles. The number of hydrogen-bond donors (Lipinski definition) is 3. The second-order valence-electron chi connectivity index (χ2n) is 4.42. The monoisotopic (exact) mass is 232 g/mol. The minimum atomic E-state index is -0.863. The molecular weight excluding hydrogens is 212 g/mol. The highest BCUT2D eigenvalue weighted by Crippen LogP contribution is 2.07. The Morgan fingerprint density at radius 2 is 2.00 bits per heavy atom. The van der Waals surface area contributed by atoms with E-state index in [-0.39, 0.29) is 19.6 Å². The fourth-order valence-electron chi connectivity index (χ4n) is 0.896. The predicted molar refractivity (Wildman–Crippen MR) is 58.5 cm³/mol. The van der Waals surface area contributed by atoms with Gasteiger partial charge in [-0.2, -0.15) is 0 Å². The van der Waals surface area contributed by atoms with Crippen LogP contribution < -0.4 is 11.1 Å². The van der Waals surface area contributed by atoms with Gasteiger partial charge in [-0.05, 0) is 20.8 Å². The van der Waals surface area contributed by atoms with E-state index in [0.29, 0.717) is 0 Å². The van der Waals surface area contributed by atoms with Crippen molar-refractivity contribution in [2.24, 2.45) is 5.73 Å². The van der Waals surface area contributed by atoms with Crippen molar-refractivity contribution in [3.8, 4) is 0 Å². The van der Waals surface area contributed by atoms with Gasteiger partial charge in [0.05, 0.1) is 18.8 Å². The zero-order valence-electron chi connectivity index (χ0n) is 9.95. The van der Waals surface area contributed by atoms with E-state index in [9.17, 15) is 9.59 Å². The quantitative estimate of drug-likeness (QED) is 0.555. The molecule has 6 heteroatoms. The molecule has 94 valence electrons. The van der Waals surface area contributed by atoms with Gasteiger partial charge in [0.1, 0.15) is 6.04 Å². The number of rotatable bonds is 6. The molecule has 0 radical (unpaired) electrons. The van der Waals surface area contributed by atoms with Crippen LogP contribution in [0.1, 0.15) is 27.2 Å². The molecule has 4 N–H and O–H groups in total. The standard InChI is InChI=1S/C10H20N2O4/c1-10(2,3)16-6-7(9(11)15)12-8(14)4-5-13/h7,13H,4-6H2,1-3H3,(H2,11,15)(H,12,14). The minimum absolute atomic E-state index is 0.0238. The van der Waals surface area contributed by atoms with Gasteiger partial charge >= 0.3 is 0 Å². The van der Waals surface area contributed by atoms with Gasteiger partial charge in [0.2, 0.25) is 11.8 Å². The lowest BCUT2D eigenvalue weighted by Crippen LogP contribution is -2.48. The van der Waals surface area contributed by atoms with E-state index < -0.39 is 23.5 Å². The summed E-state index contributed by atoms with van der Waals surface area (Å²) in [4.78, 5) is 22.2. The van der Waals surface area contributed by atoms with Crippen LogP contribution in [0.2, 0.25) is 0 Å². The van der Waals surface area contributed by atoms with Crippen LogP contribution >= 0.6 is 0 Å². The zero-order chi connectivity index (χ0) is 12.8. The van der Waals surface area contributed by atoms with Gasteiger partial charge in [0, 0.05) is 6.42 Å². The Kier molecular flexibility index (Phi) is 5.98. The normalized spacial score (nSPS) is 13.2. The number of aliphatic hydroxyl groups excluding tert-OH is 1. The summed E-state index contributed by atoms with van der Waals surface area (Å²) in [6.45, 7) is 5.26. The van der Waals surface area contributed by atoms with E-state index in [0.717, 1.165) is 0 Å². The summed E-state index contributed by atoms with van der Waals surface area (Å²) in [6.07, 6.45) is -0.0563. The van der Waals surface area contributed by atoms with E-state index >= 15 is 0 Å². The average Bonchev–Trinajstić information content (AvgIpc) is 2.10. The van der Waals surface area contributed by atoms with Crippen LogP contribution in [0.5, 0.6) is 0 Å². The van der Waals surface area contributed by atoms with Crippen LogP contribution in [0.25, 0.3) is 0 Å². The van der Waals surface area contributed by atoms with Crippen LogP contribution in [0.15, 0.2) is 0 Å². The third-order valence-corrected chi connectivity index (χ3v) is 1.70. The summed E-state index contributed by atoms with van der Waals surface area (Å²) in [6, 6.07) is -0.863. The molecule has 1 unspecified atom stereocenters. The first-order valence-corrected chi connectivity index (χ1v) is 5.10. The van der Waals surface area contributed by atoms with E-state index in [4.69, 9.17) is 15.6 Å². The van der Waals surface area contributed by atoms with Gasteiger partial charge in [-0.15, -0.1) is 0 Å². The fourth-order valence-corrected chi connectivity index (χ4v) is 0.896. The van der Waals surface area contributed by atoms with Crippen molar-refractivity contribution in [2.75, 3.05) is 13.2 Å². The number of hydrogen-bond acceptors (Lipinski definition) is 4. The minimum Gasteiger partial charge on any atom is -0.396 e. The summed E-state index contributed by atoms with van der Waals surface area (Å²) in [5, 5.41) is 10.9. The van der Waals surface area contributed by atoms with E-state index in [1.165, 1.54) is 0 Å². The summed E-state index contributed by atoms with van der Waals surface area (Å²) in [7, 11) is 0. The smallest absolute Gasteiger partial charge is 0.242 e. The van der Waals surface area contributed by atoms with Crippen LogP contribution in [0, 0.1) is 0 Å². The van der Waals surface area contributed by atoms with Gasteiger partial charge < -0.3 is 20.9 Å².